The highest BCUT2D eigenvalue weighted by Crippen LogP contribution is 2.21. The first-order valence-electron chi connectivity index (χ1n) is 7.33. The molecule has 0 saturated carbocycles. The Bertz CT molecular complexity index is 956. The van der Waals surface area contributed by atoms with E-state index in [1.165, 1.54) is 42.5 Å². The lowest BCUT2D eigenvalue weighted by Crippen LogP contribution is -2.13. The summed E-state index contributed by atoms with van der Waals surface area (Å²) < 4.78 is 0. The smallest absolute Gasteiger partial charge is 0.335 e. The third-order valence-electron chi connectivity index (χ3n) is 3.50. The molecule has 0 radical (unpaired) electrons. The summed E-state index contributed by atoms with van der Waals surface area (Å²) in [6.45, 7) is 1.59. The van der Waals surface area contributed by atoms with Crippen LogP contribution in [0.1, 0.15) is 21.5 Å². The summed E-state index contributed by atoms with van der Waals surface area (Å²) in [5.41, 5.74) is 0.831. The van der Waals surface area contributed by atoms with Crippen molar-refractivity contribution in [2.24, 2.45) is 0 Å². The number of nitrogens with one attached hydrogen (secondary N) is 1. The van der Waals surface area contributed by atoms with Crippen molar-refractivity contribution in [3.8, 4) is 6.07 Å². The number of hydrogen-bond acceptors (Lipinski definition) is 5. The van der Waals surface area contributed by atoms with Gasteiger partial charge in [0.25, 0.3) is 11.6 Å². The van der Waals surface area contributed by atoms with Crippen molar-refractivity contribution in [1.29, 1.82) is 5.26 Å². The molecule has 2 aromatic carbocycles. The average molecular weight is 351 g/mol. The lowest BCUT2D eigenvalue weighted by molar-refractivity contribution is -0.385. The van der Waals surface area contributed by atoms with Crippen LogP contribution in [0.25, 0.3) is 6.08 Å². The Labute approximate surface area is 148 Å². The molecule has 0 heterocycles. The molecule has 0 aliphatic carbocycles. The van der Waals surface area contributed by atoms with E-state index < -0.39 is 16.8 Å². The van der Waals surface area contributed by atoms with Gasteiger partial charge in [-0.1, -0.05) is 12.1 Å². The Morgan fingerprint density at radius 1 is 1.23 bits per heavy atom. The van der Waals surface area contributed by atoms with Crippen LogP contribution in [-0.4, -0.2) is 21.9 Å². The molecule has 0 aliphatic rings. The molecule has 2 rings (SSSR count). The van der Waals surface area contributed by atoms with Crippen LogP contribution in [0, 0.1) is 28.4 Å². The van der Waals surface area contributed by atoms with E-state index in [0.717, 1.165) is 0 Å². The minimum Gasteiger partial charge on any atom is -0.478 e. The molecule has 2 aromatic rings. The van der Waals surface area contributed by atoms with Gasteiger partial charge < -0.3 is 10.4 Å². The summed E-state index contributed by atoms with van der Waals surface area (Å²) in [7, 11) is 0. The molecule has 130 valence electrons. The van der Waals surface area contributed by atoms with E-state index in [1.807, 2.05) is 0 Å². The van der Waals surface area contributed by atoms with Gasteiger partial charge in [-0.2, -0.15) is 5.26 Å². The lowest BCUT2D eigenvalue weighted by Gasteiger charge is -2.05. The number of anilines is 1. The Morgan fingerprint density at radius 3 is 2.42 bits per heavy atom. The Kier molecular flexibility index (Phi) is 5.45. The maximum absolute atomic E-state index is 12.2. The fraction of sp³-hybridized carbons (Fsp3) is 0.0556. The Hall–Kier alpha value is -3.99. The first-order valence-corrected chi connectivity index (χ1v) is 7.33. The van der Waals surface area contributed by atoms with Crippen molar-refractivity contribution in [2.45, 2.75) is 6.92 Å². The van der Waals surface area contributed by atoms with Crippen molar-refractivity contribution < 1.29 is 19.6 Å². The molecule has 26 heavy (non-hydrogen) atoms. The number of aromatic carboxylic acids is 1. The highest BCUT2D eigenvalue weighted by molar-refractivity contribution is 6.09. The van der Waals surface area contributed by atoms with Gasteiger partial charge in [-0.25, -0.2) is 4.79 Å². The molecule has 0 aliphatic heterocycles. The number of carboxylic acids is 1. The number of nitro benzene ring substituents is 1. The van der Waals surface area contributed by atoms with Gasteiger partial charge in [-0.05, 0) is 42.8 Å². The first kappa shape index (κ1) is 18.4. The average Bonchev–Trinajstić information content (AvgIpc) is 2.61. The van der Waals surface area contributed by atoms with Crippen LogP contribution in [0.3, 0.4) is 0 Å². The molecule has 0 aromatic heterocycles. The van der Waals surface area contributed by atoms with Crippen molar-refractivity contribution in [1.82, 2.24) is 0 Å². The van der Waals surface area contributed by atoms with E-state index in [4.69, 9.17) is 5.11 Å². The number of hydrogen-bond donors (Lipinski definition) is 2. The molecule has 8 heteroatoms. The van der Waals surface area contributed by atoms with Crippen LogP contribution >= 0.6 is 0 Å². The summed E-state index contributed by atoms with van der Waals surface area (Å²) >= 11 is 0. The highest BCUT2D eigenvalue weighted by atomic mass is 16.6. The largest absolute Gasteiger partial charge is 0.478 e. The van der Waals surface area contributed by atoms with Crippen LogP contribution in [0.2, 0.25) is 0 Å². The Balaban J connectivity index is 2.24. The van der Waals surface area contributed by atoms with Gasteiger partial charge in [0.05, 0.1) is 10.5 Å². The number of benzene rings is 2. The molecule has 0 spiro atoms. The second-order valence-corrected chi connectivity index (χ2v) is 5.31. The summed E-state index contributed by atoms with van der Waals surface area (Å²) in [6.07, 6.45) is 1.24. The molecule has 0 bridgehead atoms. The van der Waals surface area contributed by atoms with E-state index in [9.17, 15) is 25.0 Å². The van der Waals surface area contributed by atoms with Crippen molar-refractivity contribution >= 4 is 29.3 Å². The monoisotopic (exact) mass is 351 g/mol. The van der Waals surface area contributed by atoms with E-state index in [-0.39, 0.29) is 16.8 Å². The molecule has 0 saturated heterocycles. The lowest BCUT2D eigenvalue weighted by atomic mass is 10.1. The van der Waals surface area contributed by atoms with Crippen LogP contribution < -0.4 is 5.32 Å². The maximum Gasteiger partial charge on any atom is 0.335 e. The predicted molar refractivity (Wildman–Crippen MR) is 93.5 cm³/mol. The van der Waals surface area contributed by atoms with Crippen LogP contribution in [0.4, 0.5) is 11.4 Å². The number of amides is 1. The van der Waals surface area contributed by atoms with Gasteiger partial charge in [0, 0.05) is 17.3 Å². The third-order valence-corrected chi connectivity index (χ3v) is 3.50. The molecule has 0 unspecified atom stereocenters. The van der Waals surface area contributed by atoms with Crippen molar-refractivity contribution in [3.63, 3.8) is 0 Å². The minimum absolute atomic E-state index is 0.0611. The number of nitro groups is 1. The Morgan fingerprint density at radius 2 is 1.88 bits per heavy atom. The topological polar surface area (TPSA) is 133 Å². The molecule has 8 nitrogen and oxygen atoms in total. The van der Waals surface area contributed by atoms with E-state index in [2.05, 4.69) is 5.32 Å². The third kappa shape index (κ3) is 4.30. The molecular formula is C18H13N3O5. The van der Waals surface area contributed by atoms with E-state index in [0.29, 0.717) is 16.8 Å². The molecule has 0 atom stereocenters. The number of nitriles is 1. The highest BCUT2D eigenvalue weighted by Gasteiger charge is 2.13. The number of aryl methyl sites for hydroxylation is 1. The number of carboxylic acid groups (broad SMARTS) is 1. The minimum atomic E-state index is -1.10. The van der Waals surface area contributed by atoms with Gasteiger partial charge in [0.15, 0.2) is 0 Å². The number of nitrogens with zero attached hydrogens (tertiary/aromatic N) is 2. The van der Waals surface area contributed by atoms with E-state index in [1.54, 1.807) is 19.1 Å². The van der Waals surface area contributed by atoms with Crippen molar-refractivity contribution in [2.75, 3.05) is 5.32 Å². The van der Waals surface area contributed by atoms with Gasteiger partial charge in [-0.3, -0.25) is 14.9 Å². The van der Waals surface area contributed by atoms with Crippen LogP contribution in [-0.2, 0) is 4.79 Å². The zero-order valence-electron chi connectivity index (χ0n) is 13.6. The van der Waals surface area contributed by atoms with Gasteiger partial charge in [-0.15, -0.1) is 0 Å². The summed E-state index contributed by atoms with van der Waals surface area (Å²) in [4.78, 5) is 33.4. The standard InChI is InChI=1S/C18H13N3O5/c1-11-2-3-12(9-16(11)21(25)26)8-14(10-19)17(22)20-15-6-4-13(5-7-15)18(23)24/h2-9H,1H3,(H,20,22)(H,23,24)/b14-8+. The first-order chi connectivity index (χ1) is 12.3. The summed E-state index contributed by atoms with van der Waals surface area (Å²) in [5, 5.41) is 31.5. The second kappa shape index (κ2) is 7.72. The zero-order valence-corrected chi connectivity index (χ0v) is 13.6. The van der Waals surface area contributed by atoms with Gasteiger partial charge in [0.1, 0.15) is 11.6 Å². The molecule has 2 N–H and O–H groups in total. The quantitative estimate of drug-likeness (QED) is 0.368. The van der Waals surface area contributed by atoms with Gasteiger partial charge >= 0.3 is 5.97 Å². The van der Waals surface area contributed by atoms with E-state index >= 15 is 0 Å². The number of carbonyl (C=O) groups excluding carboxylic acids is 1. The van der Waals surface area contributed by atoms with Gasteiger partial charge in [0.2, 0.25) is 0 Å². The fourth-order valence-corrected chi connectivity index (χ4v) is 2.12. The second-order valence-electron chi connectivity index (χ2n) is 5.31. The number of rotatable bonds is 5. The summed E-state index contributed by atoms with van der Waals surface area (Å²) in [5.74, 6) is -1.81. The predicted octanol–water partition coefficient (Wildman–Crippen LogP) is 3.15. The maximum atomic E-state index is 12.2. The van der Waals surface area contributed by atoms with Crippen molar-refractivity contribution in [3.05, 3.63) is 74.8 Å². The SMILES string of the molecule is Cc1ccc(/C=C(\C#N)C(=O)Nc2ccc(C(=O)O)cc2)cc1[N+](=O)[O-]. The normalized spacial score (nSPS) is 10.7. The van der Waals surface area contributed by atoms with Crippen LogP contribution in [0.5, 0.6) is 0 Å². The molecule has 1 amide bonds. The fourth-order valence-electron chi connectivity index (χ4n) is 2.12. The molecule has 0 fully saturated rings. The zero-order chi connectivity index (χ0) is 19.3. The molecular weight excluding hydrogens is 338 g/mol. The summed E-state index contributed by atoms with van der Waals surface area (Å²) in [6, 6.07) is 11.5. The van der Waals surface area contributed by atoms with Crippen LogP contribution in [0.15, 0.2) is 48.0 Å². The number of carbonyl (C=O) groups is 2.